The number of phosphoric acid groups is 1. The molecule has 11 nitrogen and oxygen atoms in total. The second-order valence-corrected chi connectivity index (χ2v) is 13.8. The van der Waals surface area contributed by atoms with Crippen molar-refractivity contribution in [2.75, 3.05) is 19.8 Å². The Morgan fingerprint density at radius 3 is 1.57 bits per heavy atom. The molecule has 276 valence electrons. The minimum atomic E-state index is -4.70. The summed E-state index contributed by atoms with van der Waals surface area (Å²) in [4.78, 5) is 45.6. The number of carbonyl (C=O) groups excluding carboxylic acids is 2. The van der Waals surface area contributed by atoms with Crippen LogP contribution in [-0.2, 0) is 37.5 Å². The summed E-state index contributed by atoms with van der Waals surface area (Å²) in [6, 6.07) is -1.52. The van der Waals surface area contributed by atoms with Crippen LogP contribution in [-0.4, -0.2) is 59.9 Å². The van der Waals surface area contributed by atoms with Crippen LogP contribution in [0.2, 0.25) is 0 Å². The molecule has 0 saturated heterocycles. The number of carboxylic acids is 1. The molecule has 3 atom stereocenters. The van der Waals surface area contributed by atoms with E-state index in [4.69, 9.17) is 24.8 Å². The number of phosphoric ester groups is 1. The molecule has 0 radical (unpaired) electrons. The molecule has 0 saturated carbocycles. The second kappa shape index (κ2) is 31.5. The highest BCUT2D eigenvalue weighted by Gasteiger charge is 2.28. The average molecular weight is 692 g/mol. The van der Waals surface area contributed by atoms with Crippen molar-refractivity contribution in [1.82, 2.24) is 0 Å². The fraction of sp³-hybridized carbons (Fsp3) is 0.857. The van der Waals surface area contributed by atoms with E-state index >= 15 is 0 Å². The fourth-order valence-corrected chi connectivity index (χ4v) is 5.60. The normalized spacial score (nSPS) is 14.1. The standard InChI is InChI=1S/C35H66NO10P/c1-3-5-7-9-11-13-15-16-17-19-20-22-24-26-33(37)43-28-31(29-44-47(41,42)45-30-32(36)35(39)40)46-34(38)27-25-23-21-18-14-12-10-8-6-4-2/h16-17,31-32H,3-15,18-30,36H2,1-2H3,(H,39,40)(H,41,42)/b17-16+/t31-,32+/m1/s1. The van der Waals surface area contributed by atoms with E-state index < -0.39 is 51.1 Å². The number of aliphatic carboxylic acids is 1. The Hall–Kier alpha value is -1.78. The quantitative estimate of drug-likeness (QED) is 0.0255. The number of hydrogen-bond acceptors (Lipinski definition) is 9. The Morgan fingerprint density at radius 2 is 1.06 bits per heavy atom. The summed E-state index contributed by atoms with van der Waals surface area (Å²) in [5.41, 5.74) is 5.30. The Morgan fingerprint density at radius 1 is 0.638 bits per heavy atom. The first-order valence-corrected chi connectivity index (χ1v) is 19.7. The number of ether oxygens (including phenoxy) is 2. The van der Waals surface area contributed by atoms with E-state index in [1.807, 2.05) is 0 Å². The molecule has 0 aromatic heterocycles. The summed E-state index contributed by atoms with van der Waals surface area (Å²) in [5, 5.41) is 8.83. The first-order chi connectivity index (χ1) is 22.6. The number of carboxylic acid groups (broad SMARTS) is 1. The second-order valence-electron chi connectivity index (χ2n) is 12.4. The van der Waals surface area contributed by atoms with Crippen molar-refractivity contribution < 1.29 is 47.5 Å². The highest BCUT2D eigenvalue weighted by atomic mass is 31.2. The van der Waals surface area contributed by atoms with Crippen LogP contribution in [0.1, 0.15) is 162 Å². The van der Waals surface area contributed by atoms with Crippen molar-refractivity contribution in [3.8, 4) is 0 Å². The third-order valence-electron chi connectivity index (χ3n) is 7.76. The summed E-state index contributed by atoms with van der Waals surface area (Å²) < 4.78 is 32.4. The lowest BCUT2D eigenvalue weighted by atomic mass is 10.1. The highest BCUT2D eigenvalue weighted by molar-refractivity contribution is 7.47. The molecule has 47 heavy (non-hydrogen) atoms. The molecule has 0 rings (SSSR count). The van der Waals surface area contributed by atoms with Crippen LogP contribution in [0.25, 0.3) is 0 Å². The van der Waals surface area contributed by atoms with Crippen LogP contribution < -0.4 is 5.73 Å². The molecule has 0 aromatic rings. The topological polar surface area (TPSA) is 172 Å². The first-order valence-electron chi connectivity index (χ1n) is 18.2. The van der Waals surface area contributed by atoms with Gasteiger partial charge in [0.05, 0.1) is 13.2 Å². The maximum Gasteiger partial charge on any atom is 0.472 e. The van der Waals surface area contributed by atoms with Crippen molar-refractivity contribution in [1.29, 1.82) is 0 Å². The number of allylic oxidation sites excluding steroid dienone is 2. The predicted octanol–water partition coefficient (Wildman–Crippen LogP) is 8.56. The summed E-state index contributed by atoms with van der Waals surface area (Å²) in [5.74, 6) is -2.40. The van der Waals surface area contributed by atoms with Gasteiger partial charge in [-0.3, -0.25) is 23.4 Å². The lowest BCUT2D eigenvalue weighted by molar-refractivity contribution is -0.161. The average Bonchev–Trinajstić information content (AvgIpc) is 3.04. The minimum absolute atomic E-state index is 0.162. The van der Waals surface area contributed by atoms with Gasteiger partial charge in [0, 0.05) is 12.8 Å². The predicted molar refractivity (Wildman–Crippen MR) is 185 cm³/mol. The molecular formula is C35H66NO10P. The molecule has 0 aliphatic heterocycles. The molecule has 0 aromatic carbocycles. The van der Waals surface area contributed by atoms with Crippen LogP contribution in [0.5, 0.6) is 0 Å². The molecule has 12 heteroatoms. The van der Waals surface area contributed by atoms with Gasteiger partial charge in [-0.05, 0) is 38.5 Å². The molecule has 4 N–H and O–H groups in total. The van der Waals surface area contributed by atoms with Crippen molar-refractivity contribution >= 4 is 25.7 Å². The molecule has 0 aliphatic carbocycles. The molecule has 0 aliphatic rings. The van der Waals surface area contributed by atoms with Gasteiger partial charge in [0.1, 0.15) is 12.6 Å². The zero-order valence-corrected chi connectivity index (χ0v) is 30.3. The third kappa shape index (κ3) is 31.3. The highest BCUT2D eigenvalue weighted by Crippen LogP contribution is 2.43. The molecule has 0 amide bonds. The molecule has 0 spiro atoms. The number of hydrogen-bond donors (Lipinski definition) is 3. The maximum absolute atomic E-state index is 12.5. The summed E-state index contributed by atoms with van der Waals surface area (Å²) in [6.07, 6.45) is 27.2. The van der Waals surface area contributed by atoms with Crippen LogP contribution in [0.3, 0.4) is 0 Å². The Kier molecular flexibility index (Phi) is 30.3. The Balaban J connectivity index is 4.48. The van der Waals surface area contributed by atoms with Gasteiger partial charge in [-0.1, -0.05) is 122 Å². The molecule has 0 heterocycles. The van der Waals surface area contributed by atoms with E-state index in [2.05, 4.69) is 30.5 Å². The number of esters is 2. The zero-order chi connectivity index (χ0) is 35.0. The molecule has 0 bridgehead atoms. The van der Waals surface area contributed by atoms with E-state index in [1.54, 1.807) is 0 Å². The summed E-state index contributed by atoms with van der Waals surface area (Å²) in [6.45, 7) is 2.74. The Labute approximate surface area is 284 Å². The Bertz CT molecular complexity index is 869. The van der Waals surface area contributed by atoms with Gasteiger partial charge >= 0.3 is 25.7 Å². The van der Waals surface area contributed by atoms with Crippen molar-refractivity contribution in [3.63, 3.8) is 0 Å². The molecule has 1 unspecified atom stereocenters. The molecule has 0 fully saturated rings. The van der Waals surface area contributed by atoms with Crippen LogP contribution in [0, 0.1) is 0 Å². The van der Waals surface area contributed by atoms with Gasteiger partial charge in [0.15, 0.2) is 6.10 Å². The van der Waals surface area contributed by atoms with Gasteiger partial charge < -0.3 is 25.2 Å². The monoisotopic (exact) mass is 691 g/mol. The first kappa shape index (κ1) is 45.2. The largest absolute Gasteiger partial charge is 0.480 e. The SMILES string of the molecule is CCCCCCCC/C=C/CCCCCC(=O)OC[C@H](COP(=O)(O)OC[C@H](N)C(=O)O)OC(=O)CCCCCCCCCCCC. The number of nitrogens with two attached hydrogens (primary N) is 1. The van der Waals surface area contributed by atoms with E-state index in [0.29, 0.717) is 12.8 Å². The van der Waals surface area contributed by atoms with Gasteiger partial charge in [-0.15, -0.1) is 0 Å². The van der Waals surface area contributed by atoms with Crippen LogP contribution >= 0.6 is 7.82 Å². The lowest BCUT2D eigenvalue weighted by Gasteiger charge is -2.20. The minimum Gasteiger partial charge on any atom is -0.480 e. The zero-order valence-electron chi connectivity index (χ0n) is 29.4. The third-order valence-corrected chi connectivity index (χ3v) is 8.71. The van der Waals surface area contributed by atoms with E-state index in [9.17, 15) is 23.8 Å². The van der Waals surface area contributed by atoms with Crippen molar-refractivity contribution in [2.45, 2.75) is 174 Å². The summed E-state index contributed by atoms with van der Waals surface area (Å²) in [7, 11) is -4.70. The lowest BCUT2D eigenvalue weighted by Crippen LogP contribution is -2.34. The van der Waals surface area contributed by atoms with Crippen LogP contribution in [0.15, 0.2) is 12.2 Å². The number of carbonyl (C=O) groups is 3. The number of unbranched alkanes of at least 4 members (excludes halogenated alkanes) is 18. The smallest absolute Gasteiger partial charge is 0.472 e. The summed E-state index contributed by atoms with van der Waals surface area (Å²) >= 11 is 0. The van der Waals surface area contributed by atoms with Gasteiger partial charge in [0.25, 0.3) is 0 Å². The van der Waals surface area contributed by atoms with E-state index in [1.165, 1.54) is 77.0 Å². The maximum atomic E-state index is 12.5. The molecular weight excluding hydrogens is 625 g/mol. The van der Waals surface area contributed by atoms with Gasteiger partial charge in [0.2, 0.25) is 0 Å². The fourth-order valence-electron chi connectivity index (χ4n) is 4.82. The van der Waals surface area contributed by atoms with Gasteiger partial charge in [-0.25, -0.2) is 4.57 Å². The van der Waals surface area contributed by atoms with Crippen molar-refractivity contribution in [3.05, 3.63) is 12.2 Å². The van der Waals surface area contributed by atoms with E-state index in [0.717, 1.165) is 44.9 Å². The van der Waals surface area contributed by atoms with E-state index in [-0.39, 0.29) is 19.4 Å². The van der Waals surface area contributed by atoms with Crippen molar-refractivity contribution in [2.24, 2.45) is 5.73 Å². The van der Waals surface area contributed by atoms with Gasteiger partial charge in [-0.2, -0.15) is 0 Å². The number of rotatable bonds is 34. The van der Waals surface area contributed by atoms with Crippen LogP contribution in [0.4, 0.5) is 0 Å².